The van der Waals surface area contributed by atoms with Gasteiger partial charge < -0.3 is 15.2 Å². The molecule has 0 aromatic heterocycles. The van der Waals surface area contributed by atoms with E-state index in [1.807, 2.05) is 0 Å². The number of methoxy groups -OCH3 is 2. The lowest BCUT2D eigenvalue weighted by Gasteiger charge is -2.16. The van der Waals surface area contributed by atoms with Crippen LogP contribution in [-0.4, -0.2) is 14.2 Å². The summed E-state index contributed by atoms with van der Waals surface area (Å²) in [6.45, 7) is 1.72. The van der Waals surface area contributed by atoms with Gasteiger partial charge in [-0.3, -0.25) is 0 Å². The van der Waals surface area contributed by atoms with Crippen molar-refractivity contribution in [2.24, 2.45) is 5.73 Å². The van der Waals surface area contributed by atoms with Gasteiger partial charge in [-0.2, -0.15) is 0 Å². The van der Waals surface area contributed by atoms with E-state index in [-0.39, 0.29) is 23.4 Å². The topological polar surface area (TPSA) is 44.5 Å². The van der Waals surface area contributed by atoms with Gasteiger partial charge in [0.25, 0.3) is 0 Å². The Hall–Kier alpha value is -2.99. The molecule has 0 saturated heterocycles. The van der Waals surface area contributed by atoms with Crippen molar-refractivity contribution in [2.45, 2.75) is 13.5 Å². The molecule has 3 aromatic rings. The third-order valence-electron chi connectivity index (χ3n) is 4.77. The lowest BCUT2D eigenvalue weighted by molar-refractivity contribution is 0.385. The highest BCUT2D eigenvalue weighted by Crippen LogP contribution is 2.38. The van der Waals surface area contributed by atoms with E-state index in [1.165, 1.54) is 26.4 Å². The molecule has 0 amide bonds. The summed E-state index contributed by atoms with van der Waals surface area (Å²) in [5.74, 6) is -1.73. The van der Waals surface area contributed by atoms with Crippen molar-refractivity contribution in [3.05, 3.63) is 71.0 Å². The fourth-order valence-corrected chi connectivity index (χ4v) is 3.30. The molecule has 0 aliphatic heterocycles. The van der Waals surface area contributed by atoms with Crippen LogP contribution in [0.4, 0.5) is 13.2 Å². The molecule has 2 N–H and O–H groups in total. The second kappa shape index (κ2) is 7.94. The van der Waals surface area contributed by atoms with Crippen LogP contribution in [0.1, 0.15) is 11.1 Å². The molecule has 0 saturated carbocycles. The van der Waals surface area contributed by atoms with Crippen LogP contribution in [0.25, 0.3) is 22.3 Å². The Morgan fingerprint density at radius 2 is 1.54 bits per heavy atom. The van der Waals surface area contributed by atoms with Crippen molar-refractivity contribution in [1.82, 2.24) is 0 Å². The van der Waals surface area contributed by atoms with Gasteiger partial charge in [0.15, 0.2) is 11.6 Å². The van der Waals surface area contributed by atoms with E-state index in [9.17, 15) is 13.2 Å². The Balaban J connectivity index is 2.23. The van der Waals surface area contributed by atoms with E-state index >= 15 is 0 Å². The van der Waals surface area contributed by atoms with Crippen LogP contribution in [0.3, 0.4) is 0 Å². The van der Waals surface area contributed by atoms with Crippen molar-refractivity contribution in [2.75, 3.05) is 14.2 Å². The predicted octanol–water partition coefficient (Wildman–Crippen LogP) is 5.22. The average molecular weight is 387 g/mol. The molecular formula is C22H20F3NO2. The smallest absolute Gasteiger partial charge is 0.175 e. The van der Waals surface area contributed by atoms with E-state index in [0.717, 1.165) is 6.07 Å². The zero-order chi connectivity index (χ0) is 20.4. The van der Waals surface area contributed by atoms with Crippen LogP contribution in [0, 0.1) is 24.4 Å². The standard InChI is InChI=1S/C22H20F3NO2/c1-12-14(13-9-18(24)16(11-26)20(10-13)28-3)5-4-6-15(12)21-17(23)7-8-19(27-2)22(21)25/h4-10H,11,26H2,1-3H3. The van der Waals surface area contributed by atoms with Gasteiger partial charge in [-0.15, -0.1) is 0 Å². The second-order valence-corrected chi connectivity index (χ2v) is 6.26. The van der Waals surface area contributed by atoms with Gasteiger partial charge in [-0.05, 0) is 53.4 Å². The van der Waals surface area contributed by atoms with E-state index in [2.05, 4.69) is 0 Å². The van der Waals surface area contributed by atoms with Crippen LogP contribution in [0.2, 0.25) is 0 Å². The van der Waals surface area contributed by atoms with Gasteiger partial charge >= 0.3 is 0 Å². The molecular weight excluding hydrogens is 367 g/mol. The number of halogens is 3. The third kappa shape index (κ3) is 3.31. The molecule has 0 bridgehead atoms. The Kier molecular flexibility index (Phi) is 5.61. The van der Waals surface area contributed by atoms with Crippen molar-refractivity contribution in [3.8, 4) is 33.8 Å². The zero-order valence-electron chi connectivity index (χ0n) is 15.8. The fourth-order valence-electron chi connectivity index (χ4n) is 3.30. The molecule has 0 radical (unpaired) electrons. The van der Waals surface area contributed by atoms with Crippen molar-refractivity contribution >= 4 is 0 Å². The second-order valence-electron chi connectivity index (χ2n) is 6.26. The third-order valence-corrected chi connectivity index (χ3v) is 4.77. The first kappa shape index (κ1) is 19.8. The molecule has 6 heteroatoms. The van der Waals surface area contributed by atoms with Gasteiger partial charge in [0.2, 0.25) is 0 Å². The van der Waals surface area contributed by atoms with E-state index in [0.29, 0.717) is 28.0 Å². The summed E-state index contributed by atoms with van der Waals surface area (Å²) >= 11 is 0. The van der Waals surface area contributed by atoms with Crippen molar-refractivity contribution in [3.63, 3.8) is 0 Å². The quantitative estimate of drug-likeness (QED) is 0.653. The van der Waals surface area contributed by atoms with Crippen LogP contribution in [0.5, 0.6) is 11.5 Å². The summed E-state index contributed by atoms with van der Waals surface area (Å²) in [5.41, 5.74) is 7.77. The maximum atomic E-state index is 14.8. The molecule has 0 heterocycles. The van der Waals surface area contributed by atoms with Gasteiger partial charge in [0.1, 0.15) is 17.4 Å². The molecule has 0 aliphatic rings. The summed E-state index contributed by atoms with van der Waals surface area (Å²) in [6, 6.07) is 10.4. The number of rotatable bonds is 5. The van der Waals surface area contributed by atoms with Gasteiger partial charge in [0, 0.05) is 12.1 Å². The minimum absolute atomic E-state index is 0.00542. The maximum absolute atomic E-state index is 14.8. The molecule has 0 aliphatic carbocycles. The van der Waals surface area contributed by atoms with Gasteiger partial charge in [0.05, 0.1) is 19.8 Å². The van der Waals surface area contributed by atoms with Crippen LogP contribution in [0.15, 0.2) is 42.5 Å². The maximum Gasteiger partial charge on any atom is 0.175 e. The summed E-state index contributed by atoms with van der Waals surface area (Å²) in [4.78, 5) is 0. The number of hydrogen-bond acceptors (Lipinski definition) is 3. The molecule has 0 unspecified atom stereocenters. The van der Waals surface area contributed by atoms with Crippen molar-refractivity contribution < 1.29 is 22.6 Å². The number of hydrogen-bond donors (Lipinski definition) is 1. The van der Waals surface area contributed by atoms with Gasteiger partial charge in [-0.1, -0.05) is 18.2 Å². The zero-order valence-corrected chi connectivity index (χ0v) is 15.8. The summed E-state index contributed by atoms with van der Waals surface area (Å²) in [5, 5.41) is 0. The number of benzene rings is 3. The Morgan fingerprint density at radius 3 is 2.18 bits per heavy atom. The molecule has 3 nitrogen and oxygen atoms in total. The molecule has 0 atom stereocenters. The largest absolute Gasteiger partial charge is 0.496 e. The molecule has 0 fully saturated rings. The van der Waals surface area contributed by atoms with E-state index in [4.69, 9.17) is 15.2 Å². The summed E-state index contributed by atoms with van der Waals surface area (Å²) in [6.07, 6.45) is 0. The van der Waals surface area contributed by atoms with Crippen LogP contribution in [-0.2, 0) is 6.54 Å². The molecule has 28 heavy (non-hydrogen) atoms. The average Bonchev–Trinajstić information content (AvgIpc) is 2.68. The molecule has 3 aromatic carbocycles. The summed E-state index contributed by atoms with van der Waals surface area (Å²) < 4.78 is 53.9. The molecule has 3 rings (SSSR count). The normalized spacial score (nSPS) is 10.8. The highest BCUT2D eigenvalue weighted by molar-refractivity contribution is 5.80. The highest BCUT2D eigenvalue weighted by atomic mass is 19.1. The minimum Gasteiger partial charge on any atom is -0.496 e. The Bertz CT molecular complexity index is 1030. The van der Waals surface area contributed by atoms with E-state index < -0.39 is 17.5 Å². The minimum atomic E-state index is -0.787. The Morgan fingerprint density at radius 1 is 0.857 bits per heavy atom. The monoisotopic (exact) mass is 387 g/mol. The first-order chi connectivity index (χ1) is 13.4. The SMILES string of the molecule is COc1ccc(F)c(-c2cccc(-c3cc(F)c(CN)c(OC)c3)c2C)c1F. The lowest BCUT2D eigenvalue weighted by atomic mass is 9.91. The number of ether oxygens (including phenoxy) is 2. The predicted molar refractivity (Wildman–Crippen MR) is 103 cm³/mol. The van der Waals surface area contributed by atoms with E-state index in [1.54, 1.807) is 31.2 Å². The van der Waals surface area contributed by atoms with Crippen molar-refractivity contribution in [1.29, 1.82) is 0 Å². The summed E-state index contributed by atoms with van der Waals surface area (Å²) in [7, 11) is 2.75. The van der Waals surface area contributed by atoms with Crippen LogP contribution < -0.4 is 15.2 Å². The van der Waals surface area contributed by atoms with Crippen LogP contribution >= 0.6 is 0 Å². The molecule has 0 spiro atoms. The molecule has 146 valence electrons. The number of nitrogens with two attached hydrogens (primary N) is 1. The van der Waals surface area contributed by atoms with Gasteiger partial charge in [-0.25, -0.2) is 13.2 Å². The highest BCUT2D eigenvalue weighted by Gasteiger charge is 2.20. The lowest BCUT2D eigenvalue weighted by Crippen LogP contribution is -2.04. The first-order valence-corrected chi connectivity index (χ1v) is 8.61. The Labute approximate surface area is 161 Å². The first-order valence-electron chi connectivity index (χ1n) is 8.61. The fraction of sp³-hybridized carbons (Fsp3) is 0.182.